The lowest BCUT2D eigenvalue weighted by Crippen LogP contribution is -2.17. The van der Waals surface area contributed by atoms with Crippen molar-refractivity contribution in [1.29, 1.82) is 0 Å². The Balaban J connectivity index is 2.02. The van der Waals surface area contributed by atoms with Gasteiger partial charge in [-0.2, -0.15) is 0 Å². The van der Waals surface area contributed by atoms with Gasteiger partial charge in [0.25, 0.3) is 0 Å². The zero-order chi connectivity index (χ0) is 13.9. The summed E-state index contributed by atoms with van der Waals surface area (Å²) in [6.07, 6.45) is 7.17. The van der Waals surface area contributed by atoms with E-state index in [9.17, 15) is 9.90 Å². The molecule has 1 atom stereocenters. The van der Waals surface area contributed by atoms with Crippen LogP contribution in [0.3, 0.4) is 0 Å². The summed E-state index contributed by atoms with van der Waals surface area (Å²) in [6.45, 7) is 0. The van der Waals surface area contributed by atoms with Gasteiger partial charge in [-0.3, -0.25) is 0 Å². The second kappa shape index (κ2) is 5.37. The maximum Gasteiger partial charge on any atom is 0.339 e. The van der Waals surface area contributed by atoms with Gasteiger partial charge in [0, 0.05) is 0 Å². The standard InChI is InChI=1S/C17H16O3/c18-17(19)15-10-12-6-4-5-7-13(12)11-16(15)20-14-8-2-1-3-9-14/h2,4-8,10-11,14H,1,3,9H2,(H,18,19). The van der Waals surface area contributed by atoms with Crippen LogP contribution >= 0.6 is 0 Å². The molecule has 20 heavy (non-hydrogen) atoms. The molecule has 0 saturated heterocycles. The van der Waals surface area contributed by atoms with E-state index in [2.05, 4.69) is 6.08 Å². The Bertz CT molecular complexity index is 673. The van der Waals surface area contributed by atoms with E-state index < -0.39 is 5.97 Å². The topological polar surface area (TPSA) is 46.5 Å². The van der Waals surface area contributed by atoms with E-state index in [0.29, 0.717) is 5.75 Å². The molecule has 1 aliphatic rings. The van der Waals surface area contributed by atoms with Crippen molar-refractivity contribution >= 4 is 16.7 Å². The van der Waals surface area contributed by atoms with Crippen LogP contribution in [-0.2, 0) is 0 Å². The van der Waals surface area contributed by atoms with Crippen LogP contribution in [0.5, 0.6) is 5.75 Å². The second-order valence-electron chi connectivity index (χ2n) is 5.02. The maximum atomic E-state index is 11.4. The molecule has 0 saturated carbocycles. The van der Waals surface area contributed by atoms with Crippen molar-refractivity contribution in [1.82, 2.24) is 0 Å². The van der Waals surface area contributed by atoms with Gasteiger partial charge in [0.2, 0.25) is 0 Å². The molecule has 3 rings (SSSR count). The molecule has 2 aromatic rings. The zero-order valence-corrected chi connectivity index (χ0v) is 11.1. The number of aromatic carboxylic acids is 1. The van der Waals surface area contributed by atoms with Gasteiger partial charge in [-0.25, -0.2) is 4.79 Å². The lowest BCUT2D eigenvalue weighted by atomic mass is 10.0. The average molecular weight is 268 g/mol. The third kappa shape index (κ3) is 2.52. The smallest absolute Gasteiger partial charge is 0.339 e. The first-order chi connectivity index (χ1) is 9.74. The Kier molecular flexibility index (Phi) is 3.42. The van der Waals surface area contributed by atoms with Gasteiger partial charge in [0.15, 0.2) is 0 Å². The highest BCUT2D eigenvalue weighted by Gasteiger charge is 2.17. The summed E-state index contributed by atoms with van der Waals surface area (Å²) in [4.78, 5) is 11.4. The van der Waals surface area contributed by atoms with E-state index in [1.165, 1.54) is 0 Å². The lowest BCUT2D eigenvalue weighted by molar-refractivity contribution is 0.0690. The fourth-order valence-corrected chi connectivity index (χ4v) is 2.53. The fraction of sp³-hybridized carbons (Fsp3) is 0.235. The molecule has 102 valence electrons. The van der Waals surface area contributed by atoms with Crippen molar-refractivity contribution in [3.8, 4) is 5.75 Å². The van der Waals surface area contributed by atoms with Gasteiger partial charge in [0.05, 0.1) is 0 Å². The van der Waals surface area contributed by atoms with Crippen molar-refractivity contribution in [2.75, 3.05) is 0 Å². The number of fused-ring (bicyclic) bond motifs is 1. The summed E-state index contributed by atoms with van der Waals surface area (Å²) in [5.41, 5.74) is 0.225. The summed E-state index contributed by atoms with van der Waals surface area (Å²) >= 11 is 0. The molecule has 3 nitrogen and oxygen atoms in total. The SMILES string of the molecule is O=C(O)c1cc2ccccc2cc1OC1C=CCCC1. The Hall–Kier alpha value is -2.29. The molecule has 0 fully saturated rings. The highest BCUT2D eigenvalue weighted by Crippen LogP contribution is 2.28. The molecule has 3 heteroatoms. The molecule has 0 radical (unpaired) electrons. The van der Waals surface area contributed by atoms with Crippen LogP contribution in [0.15, 0.2) is 48.6 Å². The number of hydrogen-bond acceptors (Lipinski definition) is 2. The van der Waals surface area contributed by atoms with Crippen LogP contribution in [0, 0.1) is 0 Å². The minimum absolute atomic E-state index is 0.0250. The van der Waals surface area contributed by atoms with Gasteiger partial charge in [-0.1, -0.05) is 30.3 Å². The minimum atomic E-state index is -0.953. The molecular formula is C17H16O3. The zero-order valence-electron chi connectivity index (χ0n) is 11.1. The van der Waals surface area contributed by atoms with Crippen LogP contribution in [0.4, 0.5) is 0 Å². The molecule has 0 spiro atoms. The quantitative estimate of drug-likeness (QED) is 0.855. The second-order valence-corrected chi connectivity index (χ2v) is 5.02. The first kappa shape index (κ1) is 12.7. The highest BCUT2D eigenvalue weighted by molar-refractivity contribution is 5.97. The van der Waals surface area contributed by atoms with Crippen molar-refractivity contribution in [3.05, 3.63) is 54.1 Å². The van der Waals surface area contributed by atoms with E-state index in [-0.39, 0.29) is 11.7 Å². The van der Waals surface area contributed by atoms with Crippen molar-refractivity contribution in [2.45, 2.75) is 25.4 Å². The molecule has 0 aliphatic heterocycles. The van der Waals surface area contributed by atoms with Gasteiger partial charge >= 0.3 is 5.97 Å². The predicted molar refractivity (Wildman–Crippen MR) is 78.3 cm³/mol. The van der Waals surface area contributed by atoms with Crippen LogP contribution < -0.4 is 4.74 Å². The molecule has 0 aromatic heterocycles. The highest BCUT2D eigenvalue weighted by atomic mass is 16.5. The summed E-state index contributed by atoms with van der Waals surface area (Å²) < 4.78 is 5.89. The molecule has 0 bridgehead atoms. The van der Waals surface area contributed by atoms with Crippen LogP contribution in [0.1, 0.15) is 29.6 Å². The average Bonchev–Trinajstić information content (AvgIpc) is 2.47. The van der Waals surface area contributed by atoms with Gasteiger partial charge in [-0.15, -0.1) is 0 Å². The molecule has 2 aromatic carbocycles. The number of carboxylic acids is 1. The molecular weight excluding hydrogens is 252 g/mol. The summed E-state index contributed by atoms with van der Waals surface area (Å²) in [5, 5.41) is 11.3. The number of ether oxygens (including phenoxy) is 1. The van der Waals surface area contributed by atoms with Gasteiger partial charge < -0.3 is 9.84 Å². The lowest BCUT2D eigenvalue weighted by Gasteiger charge is -2.20. The Morgan fingerprint density at radius 1 is 1.20 bits per heavy atom. The maximum absolute atomic E-state index is 11.4. The third-order valence-electron chi connectivity index (χ3n) is 3.57. The number of carbonyl (C=O) groups is 1. The third-order valence-corrected chi connectivity index (χ3v) is 3.57. The van der Waals surface area contributed by atoms with Crippen LogP contribution in [-0.4, -0.2) is 17.2 Å². The van der Waals surface area contributed by atoms with E-state index in [1.54, 1.807) is 6.07 Å². The van der Waals surface area contributed by atoms with E-state index >= 15 is 0 Å². The summed E-state index contributed by atoms with van der Waals surface area (Å²) in [6, 6.07) is 11.2. The van der Waals surface area contributed by atoms with Crippen LogP contribution in [0.25, 0.3) is 10.8 Å². The van der Waals surface area contributed by atoms with E-state index in [0.717, 1.165) is 30.0 Å². The van der Waals surface area contributed by atoms with Crippen molar-refractivity contribution in [2.24, 2.45) is 0 Å². The Morgan fingerprint density at radius 3 is 2.60 bits per heavy atom. The predicted octanol–water partition coefficient (Wildman–Crippen LogP) is 4.03. The fourth-order valence-electron chi connectivity index (χ4n) is 2.53. The van der Waals surface area contributed by atoms with Gasteiger partial charge in [0.1, 0.15) is 17.4 Å². The van der Waals surface area contributed by atoms with Gasteiger partial charge in [-0.05, 0) is 48.2 Å². The molecule has 1 aliphatic carbocycles. The Labute approximate surface area is 117 Å². The van der Waals surface area contributed by atoms with Crippen molar-refractivity contribution < 1.29 is 14.6 Å². The van der Waals surface area contributed by atoms with E-state index in [4.69, 9.17) is 4.74 Å². The minimum Gasteiger partial charge on any atom is -0.485 e. The largest absolute Gasteiger partial charge is 0.485 e. The monoisotopic (exact) mass is 268 g/mol. The molecule has 1 unspecified atom stereocenters. The number of rotatable bonds is 3. The van der Waals surface area contributed by atoms with Crippen LogP contribution in [0.2, 0.25) is 0 Å². The normalized spacial score (nSPS) is 18.1. The molecule has 1 N–H and O–H groups in total. The summed E-state index contributed by atoms with van der Waals surface area (Å²) in [5.74, 6) is -0.502. The first-order valence-electron chi connectivity index (χ1n) is 6.83. The number of carboxylic acid groups (broad SMARTS) is 1. The number of allylic oxidation sites excluding steroid dienone is 1. The molecule has 0 heterocycles. The first-order valence-corrected chi connectivity index (χ1v) is 6.83. The van der Waals surface area contributed by atoms with E-state index in [1.807, 2.05) is 36.4 Å². The van der Waals surface area contributed by atoms with Crippen molar-refractivity contribution in [3.63, 3.8) is 0 Å². The summed E-state index contributed by atoms with van der Waals surface area (Å²) in [7, 11) is 0. The number of hydrogen-bond donors (Lipinski definition) is 1. The Morgan fingerprint density at radius 2 is 1.95 bits per heavy atom. The number of benzene rings is 2. The molecule has 0 amide bonds.